The number of fused-ring (bicyclic) bond motifs is 1. The molecular weight excluding hydrogens is 528 g/mol. The fraction of sp³-hybridized carbons (Fsp3) is 0.533. The molecule has 0 aromatic heterocycles. The molecule has 3 aliphatic heterocycles. The molecule has 2 amide bonds. The molecule has 1 saturated carbocycles. The molecule has 0 radical (unpaired) electrons. The Morgan fingerprint density at radius 1 is 0.825 bits per heavy atom. The number of carbonyl (C=O) groups excluding carboxylic acids is 2. The lowest BCUT2D eigenvalue weighted by atomic mass is 9.96. The summed E-state index contributed by atoms with van der Waals surface area (Å²) in [6.45, 7) is 5.57. The van der Waals surface area contributed by atoms with Gasteiger partial charge in [0.1, 0.15) is 5.75 Å². The van der Waals surface area contributed by atoms with E-state index in [1.165, 1.54) is 4.31 Å². The van der Waals surface area contributed by atoms with Crippen molar-refractivity contribution in [3.8, 4) is 5.75 Å². The van der Waals surface area contributed by atoms with Gasteiger partial charge in [0.15, 0.2) is 0 Å². The summed E-state index contributed by atoms with van der Waals surface area (Å²) in [4.78, 5) is 32.4. The monoisotopic (exact) mass is 566 g/mol. The van der Waals surface area contributed by atoms with Gasteiger partial charge in [0.2, 0.25) is 21.8 Å². The van der Waals surface area contributed by atoms with Crippen molar-refractivity contribution >= 4 is 33.2 Å². The molecule has 3 heterocycles. The highest BCUT2D eigenvalue weighted by atomic mass is 32.2. The number of piperidine rings is 1. The van der Waals surface area contributed by atoms with Gasteiger partial charge in [-0.25, -0.2) is 8.42 Å². The molecule has 9 nitrogen and oxygen atoms in total. The second-order valence-electron chi connectivity index (χ2n) is 11.5. The maximum atomic E-state index is 13.5. The normalized spacial score (nSPS) is 22.4. The molecular formula is C30H38N4O5S. The highest BCUT2D eigenvalue weighted by Gasteiger charge is 2.40. The maximum absolute atomic E-state index is 13.5. The van der Waals surface area contributed by atoms with Crippen LogP contribution in [0.2, 0.25) is 0 Å². The number of sulfonamides is 1. The molecule has 6 rings (SSSR count). The Morgan fingerprint density at radius 2 is 1.48 bits per heavy atom. The van der Waals surface area contributed by atoms with Crippen molar-refractivity contribution < 1.29 is 22.7 Å². The predicted octanol–water partition coefficient (Wildman–Crippen LogP) is 3.13. The van der Waals surface area contributed by atoms with Gasteiger partial charge in [-0.05, 0) is 87.1 Å². The first-order valence-corrected chi connectivity index (χ1v) is 15.8. The van der Waals surface area contributed by atoms with E-state index in [0.29, 0.717) is 45.4 Å². The van der Waals surface area contributed by atoms with Crippen molar-refractivity contribution in [2.45, 2.75) is 50.0 Å². The van der Waals surface area contributed by atoms with Gasteiger partial charge in [0.05, 0.1) is 12.0 Å². The van der Waals surface area contributed by atoms with Crippen molar-refractivity contribution in [2.75, 3.05) is 56.2 Å². The van der Waals surface area contributed by atoms with Gasteiger partial charge >= 0.3 is 0 Å². The van der Waals surface area contributed by atoms with Gasteiger partial charge in [-0.2, -0.15) is 4.31 Å². The molecule has 0 spiro atoms. The van der Waals surface area contributed by atoms with E-state index in [2.05, 4.69) is 4.90 Å². The predicted molar refractivity (Wildman–Crippen MR) is 153 cm³/mol. The molecule has 1 atom stereocenters. The molecule has 3 fully saturated rings. The van der Waals surface area contributed by atoms with Crippen LogP contribution in [0.1, 0.15) is 38.2 Å². The van der Waals surface area contributed by atoms with E-state index in [-0.39, 0.29) is 34.6 Å². The van der Waals surface area contributed by atoms with E-state index in [9.17, 15) is 18.0 Å². The molecule has 214 valence electrons. The third kappa shape index (κ3) is 5.07. The van der Waals surface area contributed by atoms with Crippen molar-refractivity contribution in [1.82, 2.24) is 9.21 Å². The van der Waals surface area contributed by atoms with Crippen LogP contribution in [0.4, 0.5) is 11.4 Å². The Kier molecular flexibility index (Phi) is 7.25. The number of methoxy groups -OCH3 is 1. The Bertz CT molecular complexity index is 1380. The molecule has 0 N–H and O–H groups in total. The zero-order chi connectivity index (χ0) is 28.0. The number of ether oxygens (including phenoxy) is 1. The van der Waals surface area contributed by atoms with E-state index in [4.69, 9.17) is 4.74 Å². The quantitative estimate of drug-likeness (QED) is 0.534. The lowest BCUT2D eigenvalue weighted by Gasteiger charge is -2.39. The van der Waals surface area contributed by atoms with E-state index in [0.717, 1.165) is 48.6 Å². The first kappa shape index (κ1) is 27.1. The molecule has 2 saturated heterocycles. The minimum atomic E-state index is -3.67. The summed E-state index contributed by atoms with van der Waals surface area (Å²) in [5, 5.41) is 0. The SMILES string of the molecule is COc1ccc(N2CCN(C(=O)C3CCN(S(=O)(=O)c4ccc5c(c4)C[C@@H](C)N5C(=O)C4CC4)CC3)CC2)cc1. The van der Waals surface area contributed by atoms with Crippen LogP contribution in [0.25, 0.3) is 0 Å². The highest BCUT2D eigenvalue weighted by Crippen LogP contribution is 2.40. The number of hydrogen-bond donors (Lipinski definition) is 0. The first-order chi connectivity index (χ1) is 19.3. The number of nitrogens with zero attached hydrogens (tertiary/aromatic N) is 4. The number of anilines is 2. The van der Waals surface area contributed by atoms with E-state index < -0.39 is 10.0 Å². The van der Waals surface area contributed by atoms with Crippen LogP contribution in [0.15, 0.2) is 47.4 Å². The smallest absolute Gasteiger partial charge is 0.243 e. The zero-order valence-corrected chi connectivity index (χ0v) is 24.1. The molecule has 0 unspecified atom stereocenters. The van der Waals surface area contributed by atoms with E-state index in [1.807, 2.05) is 41.0 Å². The number of benzene rings is 2. The summed E-state index contributed by atoms with van der Waals surface area (Å²) in [5.74, 6) is 1.10. The lowest BCUT2D eigenvalue weighted by Crippen LogP contribution is -2.52. The van der Waals surface area contributed by atoms with E-state index in [1.54, 1.807) is 25.3 Å². The van der Waals surface area contributed by atoms with Gasteiger partial charge in [-0.15, -0.1) is 0 Å². The van der Waals surface area contributed by atoms with Gasteiger partial charge in [-0.1, -0.05) is 0 Å². The number of hydrogen-bond acceptors (Lipinski definition) is 6. The van der Waals surface area contributed by atoms with Crippen molar-refractivity contribution in [2.24, 2.45) is 11.8 Å². The average molecular weight is 567 g/mol. The fourth-order valence-electron chi connectivity index (χ4n) is 6.36. The minimum absolute atomic E-state index is 0.0425. The second-order valence-corrected chi connectivity index (χ2v) is 13.5. The summed E-state index contributed by atoms with van der Waals surface area (Å²) in [7, 11) is -2.02. The number of piperazine rings is 1. The summed E-state index contributed by atoms with van der Waals surface area (Å²) < 4.78 is 33.8. The summed E-state index contributed by atoms with van der Waals surface area (Å²) >= 11 is 0. The van der Waals surface area contributed by atoms with Gasteiger partial charge in [0.25, 0.3) is 0 Å². The fourth-order valence-corrected chi connectivity index (χ4v) is 7.88. The molecule has 40 heavy (non-hydrogen) atoms. The molecule has 0 bridgehead atoms. The highest BCUT2D eigenvalue weighted by molar-refractivity contribution is 7.89. The molecule has 2 aromatic carbocycles. The Hall–Kier alpha value is -3.11. The first-order valence-electron chi connectivity index (χ1n) is 14.4. The minimum Gasteiger partial charge on any atom is -0.497 e. The van der Waals surface area contributed by atoms with Crippen LogP contribution in [0.3, 0.4) is 0 Å². The van der Waals surface area contributed by atoms with Crippen LogP contribution in [0, 0.1) is 11.8 Å². The van der Waals surface area contributed by atoms with E-state index >= 15 is 0 Å². The van der Waals surface area contributed by atoms with Gasteiger partial charge in [0, 0.05) is 68.5 Å². The largest absolute Gasteiger partial charge is 0.497 e. The van der Waals surface area contributed by atoms with Crippen LogP contribution < -0.4 is 14.5 Å². The van der Waals surface area contributed by atoms with Crippen molar-refractivity contribution in [3.63, 3.8) is 0 Å². The topological polar surface area (TPSA) is 90.5 Å². The lowest BCUT2D eigenvalue weighted by molar-refractivity contribution is -0.137. The molecule has 10 heteroatoms. The third-order valence-corrected chi connectivity index (χ3v) is 10.8. The van der Waals surface area contributed by atoms with Gasteiger partial charge in [-0.3, -0.25) is 9.59 Å². The van der Waals surface area contributed by atoms with Gasteiger partial charge < -0.3 is 19.4 Å². The zero-order valence-electron chi connectivity index (χ0n) is 23.3. The summed E-state index contributed by atoms with van der Waals surface area (Å²) in [6, 6.07) is 13.2. The maximum Gasteiger partial charge on any atom is 0.243 e. The summed E-state index contributed by atoms with van der Waals surface area (Å²) in [6.07, 6.45) is 3.62. The standard InChI is InChI=1S/C30H38N4O5S/c1-21-19-24-20-27(9-10-28(24)34(21)30(36)22-3-4-22)40(37,38)33-13-11-23(12-14-33)29(35)32-17-15-31(16-18-32)25-5-7-26(39-2)8-6-25/h5-10,20-23H,3-4,11-19H2,1-2H3/t21-/m1/s1. The molecule has 1 aliphatic carbocycles. The van der Waals surface area contributed by atoms with Crippen molar-refractivity contribution in [3.05, 3.63) is 48.0 Å². The average Bonchev–Trinajstić information content (AvgIpc) is 3.78. The van der Waals surface area contributed by atoms with Crippen LogP contribution in [0.5, 0.6) is 5.75 Å². The molecule has 2 aromatic rings. The van der Waals surface area contributed by atoms with Crippen molar-refractivity contribution in [1.29, 1.82) is 0 Å². The number of carbonyl (C=O) groups is 2. The summed E-state index contributed by atoms with van der Waals surface area (Å²) in [5.41, 5.74) is 2.89. The van der Waals surface area contributed by atoms with Crippen LogP contribution >= 0.6 is 0 Å². The Morgan fingerprint density at radius 3 is 2.10 bits per heavy atom. The van der Waals surface area contributed by atoms with Crippen LogP contribution in [-0.4, -0.2) is 81.9 Å². The number of rotatable bonds is 6. The Labute approximate surface area is 236 Å². The second kappa shape index (κ2) is 10.7. The third-order valence-electron chi connectivity index (χ3n) is 8.90. The van der Waals surface area contributed by atoms with Crippen LogP contribution in [-0.2, 0) is 26.0 Å². The Balaban J connectivity index is 1.04. The number of amides is 2. The molecule has 4 aliphatic rings.